The van der Waals surface area contributed by atoms with Gasteiger partial charge in [-0.25, -0.2) is 13.2 Å². The van der Waals surface area contributed by atoms with E-state index >= 15 is 0 Å². The number of hydrogen-bond acceptors (Lipinski definition) is 5. The normalized spacial score (nSPS) is 15.7. The molecule has 0 bridgehead atoms. The molecular weight excluding hydrogens is 475 g/mol. The maximum absolute atomic E-state index is 12.8. The van der Waals surface area contributed by atoms with Gasteiger partial charge in [0.2, 0.25) is 10.0 Å². The molecule has 1 amide bonds. The number of hydrogen-bond donors (Lipinski definition) is 1. The van der Waals surface area contributed by atoms with Gasteiger partial charge in [0.25, 0.3) is 5.91 Å². The Morgan fingerprint density at radius 2 is 1.81 bits per heavy atom. The van der Waals surface area contributed by atoms with Crippen LogP contribution in [0.4, 0.5) is 0 Å². The molecule has 0 spiro atoms. The number of nitrogens with one attached hydrogen (secondary N) is 1. The maximum Gasteiger partial charge on any atom is 0.338 e. The van der Waals surface area contributed by atoms with Crippen molar-refractivity contribution in [1.29, 1.82) is 0 Å². The van der Waals surface area contributed by atoms with E-state index in [0.717, 1.165) is 19.3 Å². The van der Waals surface area contributed by atoms with Gasteiger partial charge >= 0.3 is 5.97 Å². The first-order valence-corrected chi connectivity index (χ1v) is 12.4. The molecule has 0 radical (unpaired) electrons. The molecule has 1 fully saturated rings. The standard InChI is InChI=1S/C22H24Cl2N2O5S/c1-15(19-9-8-17(23)13-20(19)24)25-21(27)14-31-22(28)16-6-5-7-18(12-16)32(29,30)26-10-3-2-4-11-26/h5-9,12-13,15H,2-4,10-11,14H2,1H3,(H,25,27). The molecule has 3 rings (SSSR count). The summed E-state index contributed by atoms with van der Waals surface area (Å²) in [6, 6.07) is 10.2. The molecule has 7 nitrogen and oxygen atoms in total. The van der Waals surface area contributed by atoms with Crippen LogP contribution in [0, 0.1) is 0 Å². The molecule has 2 aromatic rings. The highest BCUT2D eigenvalue weighted by Crippen LogP contribution is 2.26. The van der Waals surface area contributed by atoms with Crippen molar-refractivity contribution in [3.05, 3.63) is 63.6 Å². The van der Waals surface area contributed by atoms with Crippen LogP contribution >= 0.6 is 23.2 Å². The van der Waals surface area contributed by atoms with Crippen molar-refractivity contribution in [1.82, 2.24) is 9.62 Å². The van der Waals surface area contributed by atoms with E-state index in [2.05, 4.69) is 5.32 Å². The van der Waals surface area contributed by atoms with Gasteiger partial charge in [-0.1, -0.05) is 41.8 Å². The molecule has 1 aliphatic rings. The molecule has 1 saturated heterocycles. The van der Waals surface area contributed by atoms with Crippen LogP contribution in [0.25, 0.3) is 0 Å². The molecule has 10 heteroatoms. The second-order valence-corrected chi connectivity index (χ2v) is 10.3. The first-order valence-electron chi connectivity index (χ1n) is 10.2. The van der Waals surface area contributed by atoms with Gasteiger partial charge in [0.1, 0.15) is 0 Å². The van der Waals surface area contributed by atoms with E-state index < -0.39 is 34.5 Å². The largest absolute Gasteiger partial charge is 0.452 e. The van der Waals surface area contributed by atoms with E-state index in [1.807, 2.05) is 0 Å². The van der Waals surface area contributed by atoms with Crippen LogP contribution in [-0.4, -0.2) is 44.3 Å². The van der Waals surface area contributed by atoms with Crippen LogP contribution in [0.5, 0.6) is 0 Å². The highest BCUT2D eigenvalue weighted by Gasteiger charge is 2.26. The van der Waals surface area contributed by atoms with E-state index in [9.17, 15) is 18.0 Å². The monoisotopic (exact) mass is 498 g/mol. The Hall–Kier alpha value is -2.13. The zero-order valence-electron chi connectivity index (χ0n) is 17.5. The summed E-state index contributed by atoms with van der Waals surface area (Å²) in [7, 11) is -3.68. The summed E-state index contributed by atoms with van der Waals surface area (Å²) in [4.78, 5) is 24.7. The molecule has 1 heterocycles. The summed E-state index contributed by atoms with van der Waals surface area (Å²) in [5.74, 6) is -1.30. The molecule has 1 unspecified atom stereocenters. The summed E-state index contributed by atoms with van der Waals surface area (Å²) < 4.78 is 32.2. The van der Waals surface area contributed by atoms with Crippen LogP contribution in [-0.2, 0) is 19.6 Å². The minimum absolute atomic E-state index is 0.0318. The van der Waals surface area contributed by atoms with Crippen molar-refractivity contribution in [2.45, 2.75) is 37.1 Å². The Labute approximate surface area is 197 Å². The molecule has 0 aromatic heterocycles. The van der Waals surface area contributed by atoms with Crippen LogP contribution in [0.15, 0.2) is 47.4 Å². The fourth-order valence-corrected chi connectivity index (χ4v) is 5.60. The quantitative estimate of drug-likeness (QED) is 0.577. The van der Waals surface area contributed by atoms with Crippen LogP contribution < -0.4 is 5.32 Å². The Morgan fingerprint density at radius 1 is 1.09 bits per heavy atom. The number of halogens is 2. The number of carbonyl (C=O) groups is 2. The second-order valence-electron chi connectivity index (χ2n) is 7.52. The topological polar surface area (TPSA) is 92.8 Å². The molecule has 32 heavy (non-hydrogen) atoms. The number of nitrogens with zero attached hydrogens (tertiary/aromatic N) is 1. The summed E-state index contributed by atoms with van der Waals surface area (Å²) in [6.07, 6.45) is 2.63. The van der Waals surface area contributed by atoms with Crippen molar-refractivity contribution in [3.8, 4) is 0 Å². The third-order valence-electron chi connectivity index (χ3n) is 5.16. The number of ether oxygens (including phenoxy) is 1. The summed E-state index contributed by atoms with van der Waals surface area (Å²) >= 11 is 12.0. The molecule has 1 atom stereocenters. The molecule has 0 aliphatic carbocycles. The number of piperidine rings is 1. The lowest BCUT2D eigenvalue weighted by molar-refractivity contribution is -0.124. The van der Waals surface area contributed by atoms with Crippen LogP contribution in [0.2, 0.25) is 10.0 Å². The first kappa shape index (κ1) is 24.5. The lowest BCUT2D eigenvalue weighted by atomic mass is 10.1. The van der Waals surface area contributed by atoms with Crippen molar-refractivity contribution in [3.63, 3.8) is 0 Å². The predicted octanol–water partition coefficient (Wildman–Crippen LogP) is 4.20. The van der Waals surface area contributed by atoms with E-state index in [-0.39, 0.29) is 10.5 Å². The average molecular weight is 499 g/mol. The van der Waals surface area contributed by atoms with E-state index in [1.165, 1.54) is 28.6 Å². The zero-order chi connectivity index (χ0) is 23.3. The Balaban J connectivity index is 1.60. The minimum atomic E-state index is -3.68. The van der Waals surface area contributed by atoms with Gasteiger partial charge < -0.3 is 10.1 Å². The fraction of sp³-hybridized carbons (Fsp3) is 0.364. The summed E-state index contributed by atoms with van der Waals surface area (Å²) in [5, 5.41) is 3.59. The molecule has 2 aromatic carbocycles. The number of rotatable bonds is 7. The maximum atomic E-state index is 12.8. The number of benzene rings is 2. The minimum Gasteiger partial charge on any atom is -0.452 e. The van der Waals surface area contributed by atoms with Gasteiger partial charge in [-0.15, -0.1) is 0 Å². The Kier molecular flexibility index (Phi) is 8.16. The highest BCUT2D eigenvalue weighted by atomic mass is 35.5. The Bertz CT molecular complexity index is 1100. The molecular formula is C22H24Cl2N2O5S. The molecule has 1 aliphatic heterocycles. The highest BCUT2D eigenvalue weighted by molar-refractivity contribution is 7.89. The van der Waals surface area contributed by atoms with Gasteiger partial charge in [0.05, 0.1) is 16.5 Å². The fourth-order valence-electron chi connectivity index (χ4n) is 3.47. The number of sulfonamides is 1. The van der Waals surface area contributed by atoms with Crippen molar-refractivity contribution in [2.75, 3.05) is 19.7 Å². The smallest absolute Gasteiger partial charge is 0.338 e. The number of amides is 1. The van der Waals surface area contributed by atoms with Crippen LogP contribution in [0.1, 0.15) is 48.1 Å². The first-order chi connectivity index (χ1) is 15.2. The lowest BCUT2D eigenvalue weighted by Crippen LogP contribution is -2.35. The number of esters is 1. The van der Waals surface area contributed by atoms with E-state index in [0.29, 0.717) is 28.7 Å². The average Bonchev–Trinajstić information content (AvgIpc) is 2.78. The lowest BCUT2D eigenvalue weighted by Gasteiger charge is -2.25. The SMILES string of the molecule is CC(NC(=O)COC(=O)c1cccc(S(=O)(=O)N2CCCCC2)c1)c1ccc(Cl)cc1Cl. The third kappa shape index (κ3) is 6.01. The van der Waals surface area contributed by atoms with E-state index in [4.69, 9.17) is 27.9 Å². The molecule has 172 valence electrons. The second kappa shape index (κ2) is 10.7. The van der Waals surface area contributed by atoms with Crippen molar-refractivity contribution in [2.24, 2.45) is 0 Å². The molecule has 0 saturated carbocycles. The predicted molar refractivity (Wildman–Crippen MR) is 122 cm³/mol. The zero-order valence-corrected chi connectivity index (χ0v) is 19.8. The van der Waals surface area contributed by atoms with Crippen molar-refractivity contribution < 1.29 is 22.7 Å². The van der Waals surface area contributed by atoms with Gasteiger partial charge in [0, 0.05) is 23.1 Å². The van der Waals surface area contributed by atoms with Crippen LogP contribution in [0.3, 0.4) is 0 Å². The van der Waals surface area contributed by atoms with Crippen molar-refractivity contribution >= 4 is 45.1 Å². The Morgan fingerprint density at radius 3 is 2.50 bits per heavy atom. The van der Waals surface area contributed by atoms with Gasteiger partial charge in [0.15, 0.2) is 6.61 Å². The van der Waals surface area contributed by atoms with Gasteiger partial charge in [-0.2, -0.15) is 4.31 Å². The van der Waals surface area contributed by atoms with E-state index in [1.54, 1.807) is 25.1 Å². The van der Waals surface area contributed by atoms with Gasteiger partial charge in [-0.3, -0.25) is 4.79 Å². The number of carbonyl (C=O) groups excluding carboxylic acids is 2. The third-order valence-corrected chi connectivity index (χ3v) is 7.62. The van der Waals surface area contributed by atoms with Gasteiger partial charge in [-0.05, 0) is 55.7 Å². The molecule has 1 N–H and O–H groups in total. The summed E-state index contributed by atoms with van der Waals surface area (Å²) in [6.45, 7) is 2.15. The summed E-state index contributed by atoms with van der Waals surface area (Å²) in [5.41, 5.74) is 0.732.